The van der Waals surface area contributed by atoms with Crippen molar-refractivity contribution in [1.82, 2.24) is 20.0 Å². The summed E-state index contributed by atoms with van der Waals surface area (Å²) in [4.78, 5) is 17.1. The average molecular weight is 346 g/mol. The normalized spacial score (nSPS) is 12.2. The monoisotopic (exact) mass is 346 g/mol. The molecule has 0 spiro atoms. The Hall–Kier alpha value is -3.41. The lowest BCUT2D eigenvalue weighted by molar-refractivity contribution is -0.121. The van der Waals surface area contributed by atoms with E-state index in [0.29, 0.717) is 11.3 Å². The van der Waals surface area contributed by atoms with E-state index in [0.717, 1.165) is 16.8 Å². The SMILES string of the molecule is Cn1ccnc1[C@@H](NC(=O)Cc1noc2ccccc12)c1ccccc1. The third-order valence-corrected chi connectivity index (χ3v) is 4.34. The van der Waals surface area contributed by atoms with Crippen molar-refractivity contribution in [3.8, 4) is 0 Å². The largest absolute Gasteiger partial charge is 0.356 e. The molecule has 0 saturated heterocycles. The van der Waals surface area contributed by atoms with Crippen LogP contribution in [0.4, 0.5) is 0 Å². The van der Waals surface area contributed by atoms with Crippen LogP contribution in [0.3, 0.4) is 0 Å². The predicted octanol–water partition coefficient (Wildman–Crippen LogP) is 3.01. The van der Waals surface area contributed by atoms with Crippen molar-refractivity contribution in [2.75, 3.05) is 0 Å². The summed E-state index contributed by atoms with van der Waals surface area (Å²) in [5.74, 6) is 0.635. The van der Waals surface area contributed by atoms with Crippen molar-refractivity contribution in [3.63, 3.8) is 0 Å². The van der Waals surface area contributed by atoms with E-state index in [2.05, 4.69) is 15.5 Å². The molecule has 0 unspecified atom stereocenters. The fourth-order valence-electron chi connectivity index (χ4n) is 3.03. The molecular weight excluding hydrogens is 328 g/mol. The number of amides is 1. The third-order valence-electron chi connectivity index (χ3n) is 4.34. The van der Waals surface area contributed by atoms with Crippen LogP contribution >= 0.6 is 0 Å². The Kier molecular flexibility index (Phi) is 4.23. The van der Waals surface area contributed by atoms with Crippen molar-refractivity contribution in [2.45, 2.75) is 12.5 Å². The molecule has 130 valence electrons. The lowest BCUT2D eigenvalue weighted by Gasteiger charge is -2.19. The van der Waals surface area contributed by atoms with Gasteiger partial charge in [-0.05, 0) is 17.7 Å². The minimum atomic E-state index is -0.332. The Morgan fingerprint density at radius 3 is 2.69 bits per heavy atom. The molecule has 4 rings (SSSR count). The van der Waals surface area contributed by atoms with Gasteiger partial charge in [0.15, 0.2) is 5.58 Å². The van der Waals surface area contributed by atoms with Crippen molar-refractivity contribution in [3.05, 3.63) is 84.1 Å². The van der Waals surface area contributed by atoms with E-state index in [1.54, 1.807) is 6.20 Å². The van der Waals surface area contributed by atoms with Gasteiger partial charge in [0.25, 0.3) is 0 Å². The summed E-state index contributed by atoms with van der Waals surface area (Å²) in [5, 5.41) is 7.97. The zero-order chi connectivity index (χ0) is 17.9. The summed E-state index contributed by atoms with van der Waals surface area (Å²) >= 11 is 0. The van der Waals surface area contributed by atoms with Crippen molar-refractivity contribution in [1.29, 1.82) is 0 Å². The standard InChI is InChI=1S/C20H18N4O2/c1-24-12-11-21-20(24)19(14-7-3-2-4-8-14)22-18(25)13-16-15-9-5-6-10-17(15)26-23-16/h2-12,19H,13H2,1H3,(H,22,25)/t19-/m0/s1. The molecule has 0 saturated carbocycles. The number of carbonyl (C=O) groups is 1. The average Bonchev–Trinajstić information content (AvgIpc) is 3.27. The molecule has 1 amide bonds. The summed E-state index contributed by atoms with van der Waals surface area (Å²) in [6.45, 7) is 0. The molecule has 2 aromatic heterocycles. The summed E-state index contributed by atoms with van der Waals surface area (Å²) in [6.07, 6.45) is 3.73. The highest BCUT2D eigenvalue weighted by Crippen LogP contribution is 2.22. The number of aryl methyl sites for hydroxylation is 1. The molecule has 2 heterocycles. The van der Waals surface area contributed by atoms with Crippen LogP contribution in [0.15, 0.2) is 71.5 Å². The van der Waals surface area contributed by atoms with Gasteiger partial charge >= 0.3 is 0 Å². The molecule has 0 aliphatic carbocycles. The first kappa shape index (κ1) is 16.1. The lowest BCUT2D eigenvalue weighted by Crippen LogP contribution is -2.32. The summed E-state index contributed by atoms with van der Waals surface area (Å²) in [6, 6.07) is 17.0. The number of fused-ring (bicyclic) bond motifs is 1. The van der Waals surface area contributed by atoms with Gasteiger partial charge in [0.2, 0.25) is 5.91 Å². The highest BCUT2D eigenvalue weighted by molar-refractivity contribution is 5.86. The Labute approximate surface area is 150 Å². The zero-order valence-electron chi connectivity index (χ0n) is 14.3. The van der Waals surface area contributed by atoms with E-state index in [1.165, 1.54) is 0 Å². The fourth-order valence-corrected chi connectivity index (χ4v) is 3.03. The van der Waals surface area contributed by atoms with Crippen molar-refractivity contribution < 1.29 is 9.32 Å². The van der Waals surface area contributed by atoms with Crippen LogP contribution in [0.25, 0.3) is 11.0 Å². The Bertz CT molecular complexity index is 1040. The topological polar surface area (TPSA) is 73.0 Å². The van der Waals surface area contributed by atoms with Gasteiger partial charge in [0.1, 0.15) is 17.6 Å². The smallest absolute Gasteiger partial charge is 0.227 e. The molecule has 6 heteroatoms. The first-order valence-electron chi connectivity index (χ1n) is 8.37. The van der Waals surface area contributed by atoms with Gasteiger partial charge in [-0.1, -0.05) is 47.6 Å². The molecular formula is C20H18N4O2. The van der Waals surface area contributed by atoms with Crippen LogP contribution in [-0.2, 0) is 18.3 Å². The Balaban J connectivity index is 1.59. The highest BCUT2D eigenvalue weighted by Gasteiger charge is 2.21. The minimum absolute atomic E-state index is 0.138. The van der Waals surface area contributed by atoms with E-state index in [9.17, 15) is 4.79 Å². The zero-order valence-corrected chi connectivity index (χ0v) is 14.3. The second-order valence-corrected chi connectivity index (χ2v) is 6.11. The van der Waals surface area contributed by atoms with Gasteiger partial charge in [0, 0.05) is 24.8 Å². The maximum absolute atomic E-state index is 12.7. The number of nitrogens with zero attached hydrogens (tertiary/aromatic N) is 3. The molecule has 6 nitrogen and oxygen atoms in total. The van der Waals surface area contributed by atoms with Crippen LogP contribution in [-0.4, -0.2) is 20.6 Å². The summed E-state index contributed by atoms with van der Waals surface area (Å²) < 4.78 is 7.19. The van der Waals surface area contributed by atoms with E-state index in [1.807, 2.05) is 72.4 Å². The van der Waals surface area contributed by atoms with Crippen LogP contribution in [0.1, 0.15) is 23.1 Å². The van der Waals surface area contributed by atoms with Gasteiger partial charge in [-0.15, -0.1) is 0 Å². The van der Waals surface area contributed by atoms with Gasteiger partial charge in [-0.25, -0.2) is 4.98 Å². The number of aromatic nitrogens is 3. The molecule has 1 N–H and O–H groups in total. The predicted molar refractivity (Wildman–Crippen MR) is 97.3 cm³/mol. The molecule has 26 heavy (non-hydrogen) atoms. The minimum Gasteiger partial charge on any atom is -0.356 e. The Morgan fingerprint density at radius 2 is 1.92 bits per heavy atom. The quantitative estimate of drug-likeness (QED) is 0.603. The van der Waals surface area contributed by atoms with E-state index < -0.39 is 0 Å². The molecule has 0 aliphatic heterocycles. The second kappa shape index (κ2) is 6.84. The molecule has 0 aliphatic rings. The fraction of sp³-hybridized carbons (Fsp3) is 0.150. The Morgan fingerprint density at radius 1 is 1.15 bits per heavy atom. The number of para-hydroxylation sites is 1. The van der Waals surface area contributed by atoms with Gasteiger partial charge in [-0.2, -0.15) is 0 Å². The highest BCUT2D eigenvalue weighted by atomic mass is 16.5. The number of nitrogens with one attached hydrogen (secondary N) is 1. The molecule has 2 aromatic carbocycles. The summed E-state index contributed by atoms with van der Waals surface area (Å²) in [5.41, 5.74) is 2.28. The van der Waals surface area contributed by atoms with Crippen LogP contribution in [0.2, 0.25) is 0 Å². The number of hydrogen-bond donors (Lipinski definition) is 1. The molecule has 0 radical (unpaired) electrons. The van der Waals surface area contributed by atoms with Crippen LogP contribution < -0.4 is 5.32 Å². The van der Waals surface area contributed by atoms with Crippen LogP contribution in [0, 0.1) is 0 Å². The van der Waals surface area contributed by atoms with E-state index >= 15 is 0 Å². The first-order chi connectivity index (χ1) is 12.7. The maximum atomic E-state index is 12.7. The molecule has 0 fully saturated rings. The first-order valence-corrected chi connectivity index (χ1v) is 8.37. The molecule has 0 bridgehead atoms. The van der Waals surface area contributed by atoms with Gasteiger partial charge < -0.3 is 14.4 Å². The number of carbonyl (C=O) groups excluding carboxylic acids is 1. The van der Waals surface area contributed by atoms with Crippen LogP contribution in [0.5, 0.6) is 0 Å². The third kappa shape index (κ3) is 3.09. The number of imidazole rings is 1. The maximum Gasteiger partial charge on any atom is 0.227 e. The number of benzene rings is 2. The van der Waals surface area contributed by atoms with Crippen molar-refractivity contribution in [2.24, 2.45) is 7.05 Å². The molecule has 1 atom stereocenters. The number of hydrogen-bond acceptors (Lipinski definition) is 4. The lowest BCUT2D eigenvalue weighted by atomic mass is 10.1. The van der Waals surface area contributed by atoms with Gasteiger partial charge in [0.05, 0.1) is 6.42 Å². The number of rotatable bonds is 5. The van der Waals surface area contributed by atoms with Gasteiger partial charge in [-0.3, -0.25) is 4.79 Å². The van der Waals surface area contributed by atoms with E-state index in [4.69, 9.17) is 4.52 Å². The molecule has 4 aromatic rings. The van der Waals surface area contributed by atoms with Crippen molar-refractivity contribution >= 4 is 16.9 Å². The second-order valence-electron chi connectivity index (χ2n) is 6.11. The summed E-state index contributed by atoms with van der Waals surface area (Å²) in [7, 11) is 1.91. The van der Waals surface area contributed by atoms with E-state index in [-0.39, 0.29) is 18.4 Å².